The number of hydrogen-bond donors (Lipinski definition) is 4. The van der Waals surface area contributed by atoms with Crippen LogP contribution in [-0.4, -0.2) is 53.3 Å². The first-order chi connectivity index (χ1) is 14.4. The highest BCUT2D eigenvalue weighted by atomic mass is 35.5. The van der Waals surface area contributed by atoms with Gasteiger partial charge >= 0.3 is 0 Å². The molecule has 5 N–H and O–H groups in total. The number of aliphatic hydroxyl groups is 1. The Morgan fingerprint density at radius 1 is 1.33 bits per heavy atom. The summed E-state index contributed by atoms with van der Waals surface area (Å²) in [6.45, 7) is 0.994. The Morgan fingerprint density at radius 2 is 2.00 bits per heavy atom. The fourth-order valence-corrected chi connectivity index (χ4v) is 3.94. The highest BCUT2D eigenvalue weighted by molar-refractivity contribution is 6.35. The monoisotopic (exact) mass is 436 g/mol. The van der Waals surface area contributed by atoms with Gasteiger partial charge in [0.2, 0.25) is 5.91 Å². The van der Waals surface area contributed by atoms with Crippen LogP contribution in [0.25, 0.3) is 0 Å². The maximum Gasteiger partial charge on any atom is 0.240 e. The van der Waals surface area contributed by atoms with Crippen LogP contribution in [0.15, 0.2) is 30.6 Å². The molecule has 0 radical (unpaired) electrons. The summed E-state index contributed by atoms with van der Waals surface area (Å²) in [6, 6.07) is 5.51. The Labute approximate surface area is 179 Å². The zero-order valence-electron chi connectivity index (χ0n) is 16.7. The summed E-state index contributed by atoms with van der Waals surface area (Å²) in [6.07, 6.45) is 2.74. The molecule has 1 fully saturated rings. The lowest BCUT2D eigenvalue weighted by Gasteiger charge is -2.41. The van der Waals surface area contributed by atoms with Crippen LogP contribution in [0.5, 0.6) is 0 Å². The van der Waals surface area contributed by atoms with E-state index >= 15 is 0 Å². The number of nitrogens with zero attached hydrogens (tertiary/aromatic N) is 3. The number of likely N-dealkylation sites (N-methyl/N-ethyl adjacent to an activating group) is 1. The first kappa shape index (κ1) is 22.2. The smallest absolute Gasteiger partial charge is 0.240 e. The molecule has 8 nitrogen and oxygen atoms in total. The number of carbonyl (C=O) groups excluding carboxylic acids is 1. The van der Waals surface area contributed by atoms with Crippen molar-refractivity contribution >= 4 is 29.1 Å². The predicted molar refractivity (Wildman–Crippen MR) is 114 cm³/mol. The van der Waals surface area contributed by atoms with Gasteiger partial charge in [-0.05, 0) is 44.0 Å². The van der Waals surface area contributed by atoms with Crippen LogP contribution in [0.1, 0.15) is 30.9 Å². The van der Waals surface area contributed by atoms with E-state index in [1.807, 2.05) is 4.90 Å². The van der Waals surface area contributed by atoms with Gasteiger partial charge in [-0.1, -0.05) is 23.7 Å². The lowest BCUT2D eigenvalue weighted by molar-refractivity contribution is -0.129. The quantitative estimate of drug-likeness (QED) is 0.521. The van der Waals surface area contributed by atoms with E-state index in [1.165, 1.54) is 18.5 Å². The Hall–Kier alpha value is -2.49. The number of anilines is 2. The van der Waals surface area contributed by atoms with Crippen molar-refractivity contribution in [3.8, 4) is 0 Å². The maximum absolute atomic E-state index is 13.3. The van der Waals surface area contributed by atoms with E-state index in [4.69, 9.17) is 17.3 Å². The molecule has 2 heterocycles. The van der Waals surface area contributed by atoms with E-state index < -0.39 is 11.6 Å². The summed E-state index contributed by atoms with van der Waals surface area (Å²) in [5, 5.41) is 15.9. The van der Waals surface area contributed by atoms with Crippen molar-refractivity contribution in [2.24, 2.45) is 0 Å². The molecule has 1 amide bonds. The zero-order chi connectivity index (χ0) is 21.7. The van der Waals surface area contributed by atoms with E-state index in [0.29, 0.717) is 43.2 Å². The summed E-state index contributed by atoms with van der Waals surface area (Å²) in [4.78, 5) is 23.3. The van der Waals surface area contributed by atoms with Gasteiger partial charge in [-0.25, -0.2) is 14.4 Å². The molecule has 0 saturated carbocycles. The van der Waals surface area contributed by atoms with Gasteiger partial charge in [-0.3, -0.25) is 4.79 Å². The van der Waals surface area contributed by atoms with Crippen LogP contribution in [0, 0.1) is 5.82 Å². The minimum absolute atomic E-state index is 0.101. The van der Waals surface area contributed by atoms with Gasteiger partial charge < -0.3 is 26.4 Å². The summed E-state index contributed by atoms with van der Waals surface area (Å²) in [5.41, 5.74) is 5.73. The highest BCUT2D eigenvalue weighted by Crippen LogP contribution is 2.32. The average molecular weight is 437 g/mol. The lowest BCUT2D eigenvalue weighted by atomic mass is 9.86. The second-order valence-electron chi connectivity index (χ2n) is 7.31. The maximum atomic E-state index is 13.3. The van der Waals surface area contributed by atoms with Crippen molar-refractivity contribution in [1.29, 1.82) is 0 Å². The van der Waals surface area contributed by atoms with Crippen LogP contribution in [0.2, 0.25) is 5.02 Å². The molecule has 1 aromatic carbocycles. The van der Waals surface area contributed by atoms with Crippen LogP contribution in [0.4, 0.5) is 16.0 Å². The van der Waals surface area contributed by atoms with Crippen molar-refractivity contribution in [2.45, 2.75) is 30.8 Å². The topological polar surface area (TPSA) is 116 Å². The van der Waals surface area contributed by atoms with E-state index in [2.05, 4.69) is 20.6 Å². The molecule has 0 bridgehead atoms. The number of amides is 1. The Bertz CT molecular complexity index is 874. The van der Waals surface area contributed by atoms with Crippen LogP contribution < -0.4 is 21.3 Å². The van der Waals surface area contributed by atoms with Gasteiger partial charge in [-0.15, -0.1) is 0 Å². The average Bonchev–Trinajstić information content (AvgIpc) is 2.76. The van der Waals surface area contributed by atoms with Crippen LogP contribution in [-0.2, 0) is 4.79 Å². The first-order valence-corrected chi connectivity index (χ1v) is 10.1. The second kappa shape index (κ2) is 9.55. The highest BCUT2D eigenvalue weighted by Gasteiger charge is 2.41. The third-order valence-corrected chi connectivity index (χ3v) is 5.99. The molecule has 0 spiro atoms. The van der Waals surface area contributed by atoms with E-state index in [0.717, 1.165) is 5.56 Å². The Kier molecular flexibility index (Phi) is 7.06. The molecule has 0 aliphatic carbocycles. The Balaban J connectivity index is 1.72. The van der Waals surface area contributed by atoms with Crippen molar-refractivity contribution in [1.82, 2.24) is 20.6 Å². The number of nitrogens with two attached hydrogens (primary N) is 1. The molecular formula is C20H26ClFN6O2. The number of hydrogen-bond acceptors (Lipinski definition) is 7. The van der Waals surface area contributed by atoms with Crippen LogP contribution >= 0.6 is 11.6 Å². The number of carbonyl (C=O) groups is 1. The van der Waals surface area contributed by atoms with Gasteiger partial charge in [0.05, 0.1) is 6.04 Å². The fraction of sp³-hybridized carbons (Fsp3) is 0.450. The molecular weight excluding hydrogens is 411 g/mol. The van der Waals surface area contributed by atoms with Gasteiger partial charge in [0.1, 0.15) is 28.5 Å². The van der Waals surface area contributed by atoms with E-state index in [-0.39, 0.29) is 24.1 Å². The van der Waals surface area contributed by atoms with Gasteiger partial charge in [0, 0.05) is 19.7 Å². The summed E-state index contributed by atoms with van der Waals surface area (Å²) in [5.74, 6) is 0.256. The molecule has 10 heteroatoms. The SMILES string of the molecule is CNC1(C(=O)N[C@@H](CCO)c2ccc(F)cc2)CCN(c2ncnc(N)c2Cl)CC1. The summed E-state index contributed by atoms with van der Waals surface area (Å²) < 4.78 is 13.3. The molecule has 2 aromatic rings. The van der Waals surface area contributed by atoms with Gasteiger partial charge in [-0.2, -0.15) is 0 Å². The van der Waals surface area contributed by atoms with Crippen molar-refractivity contribution in [2.75, 3.05) is 37.4 Å². The standard InChI is InChI=1S/C20H26ClFN6O2/c1-24-20(7-9-28(10-8-20)18-16(21)17(23)25-12-26-18)19(30)27-15(6-11-29)13-2-4-14(22)5-3-13/h2-5,12,15,24,29H,6-11H2,1H3,(H,27,30)(H2,23,25,26)/t15-/m0/s1. The number of halogens is 2. The molecule has 1 saturated heterocycles. The fourth-order valence-electron chi connectivity index (χ4n) is 3.73. The third kappa shape index (κ3) is 4.63. The number of aromatic nitrogens is 2. The van der Waals surface area contributed by atoms with E-state index in [9.17, 15) is 14.3 Å². The summed E-state index contributed by atoms with van der Waals surface area (Å²) in [7, 11) is 1.75. The zero-order valence-corrected chi connectivity index (χ0v) is 17.5. The number of nitrogen functional groups attached to an aromatic ring is 1. The minimum Gasteiger partial charge on any atom is -0.396 e. The van der Waals surface area contributed by atoms with Gasteiger partial charge in [0.15, 0.2) is 5.82 Å². The van der Waals surface area contributed by atoms with Crippen molar-refractivity contribution in [3.63, 3.8) is 0 Å². The van der Waals surface area contributed by atoms with E-state index in [1.54, 1.807) is 19.2 Å². The molecule has 3 rings (SSSR count). The largest absolute Gasteiger partial charge is 0.396 e. The lowest BCUT2D eigenvalue weighted by Crippen LogP contribution is -2.61. The number of benzene rings is 1. The minimum atomic E-state index is -0.782. The third-order valence-electron chi connectivity index (χ3n) is 5.62. The molecule has 1 aliphatic heterocycles. The molecule has 1 aliphatic rings. The van der Waals surface area contributed by atoms with Gasteiger partial charge in [0.25, 0.3) is 0 Å². The summed E-state index contributed by atoms with van der Waals surface area (Å²) >= 11 is 6.24. The molecule has 162 valence electrons. The number of nitrogens with one attached hydrogen (secondary N) is 2. The predicted octanol–water partition coefficient (Wildman–Crippen LogP) is 1.65. The van der Waals surface area contributed by atoms with Crippen molar-refractivity contribution in [3.05, 3.63) is 47.0 Å². The molecule has 30 heavy (non-hydrogen) atoms. The number of aliphatic hydroxyl groups excluding tert-OH is 1. The number of rotatable bonds is 7. The molecule has 0 unspecified atom stereocenters. The normalized spacial score (nSPS) is 16.9. The second-order valence-corrected chi connectivity index (χ2v) is 7.68. The number of piperidine rings is 1. The molecule has 1 aromatic heterocycles. The van der Waals surface area contributed by atoms with Crippen LogP contribution in [0.3, 0.4) is 0 Å². The van der Waals surface area contributed by atoms with Crippen molar-refractivity contribution < 1.29 is 14.3 Å². The Morgan fingerprint density at radius 3 is 2.60 bits per heavy atom. The first-order valence-electron chi connectivity index (χ1n) is 9.77. The molecule has 1 atom stereocenters.